The van der Waals surface area contributed by atoms with Crippen LogP contribution in [0.5, 0.6) is 0 Å². The Morgan fingerprint density at radius 2 is 1.88 bits per heavy atom. The summed E-state index contributed by atoms with van der Waals surface area (Å²) < 4.78 is 1.99. The Balaban J connectivity index is 1.61. The highest BCUT2D eigenvalue weighted by Crippen LogP contribution is 2.26. The van der Waals surface area contributed by atoms with E-state index in [-0.39, 0.29) is 0 Å². The van der Waals surface area contributed by atoms with E-state index < -0.39 is 0 Å². The standard InChI is InChI=1S/C20H21N5/c1-13(2)14-4-6-16(7-5-14)23-20-9-17-15(10-22-20)8-18(24-17)19-11-21-12-25(19)3/h4-13,24H,1-3H3,(H,22,23). The molecule has 3 heterocycles. The van der Waals surface area contributed by atoms with Crippen LogP contribution in [-0.2, 0) is 7.05 Å². The van der Waals surface area contributed by atoms with Crippen molar-refractivity contribution in [3.8, 4) is 11.4 Å². The molecule has 25 heavy (non-hydrogen) atoms. The lowest BCUT2D eigenvalue weighted by Gasteiger charge is -2.08. The molecule has 0 atom stereocenters. The van der Waals surface area contributed by atoms with Gasteiger partial charge in [-0.05, 0) is 29.7 Å². The molecule has 5 heteroatoms. The lowest BCUT2D eigenvalue weighted by atomic mass is 10.0. The zero-order chi connectivity index (χ0) is 17.4. The maximum absolute atomic E-state index is 4.52. The number of aryl methyl sites for hydroxylation is 1. The van der Waals surface area contributed by atoms with Crippen molar-refractivity contribution in [1.82, 2.24) is 19.5 Å². The van der Waals surface area contributed by atoms with Crippen LogP contribution in [-0.4, -0.2) is 19.5 Å². The van der Waals surface area contributed by atoms with Gasteiger partial charge in [-0.1, -0.05) is 26.0 Å². The van der Waals surface area contributed by atoms with E-state index in [4.69, 9.17) is 0 Å². The fourth-order valence-electron chi connectivity index (χ4n) is 2.95. The predicted molar refractivity (Wildman–Crippen MR) is 102 cm³/mol. The fourth-order valence-corrected chi connectivity index (χ4v) is 2.95. The molecule has 0 radical (unpaired) electrons. The Kier molecular flexibility index (Phi) is 3.76. The maximum Gasteiger partial charge on any atom is 0.132 e. The second kappa shape index (κ2) is 6.09. The van der Waals surface area contributed by atoms with E-state index >= 15 is 0 Å². The van der Waals surface area contributed by atoms with Crippen LogP contribution in [0, 0.1) is 0 Å². The van der Waals surface area contributed by atoms with E-state index in [0.29, 0.717) is 5.92 Å². The summed E-state index contributed by atoms with van der Waals surface area (Å²) in [7, 11) is 1.99. The highest BCUT2D eigenvalue weighted by molar-refractivity contribution is 5.86. The summed E-state index contributed by atoms with van der Waals surface area (Å²) in [5.41, 5.74) is 5.51. The van der Waals surface area contributed by atoms with Crippen molar-refractivity contribution in [1.29, 1.82) is 0 Å². The maximum atomic E-state index is 4.52. The number of fused-ring (bicyclic) bond motifs is 1. The number of anilines is 2. The van der Waals surface area contributed by atoms with Crippen molar-refractivity contribution in [2.75, 3.05) is 5.32 Å². The zero-order valence-corrected chi connectivity index (χ0v) is 14.6. The summed E-state index contributed by atoms with van der Waals surface area (Å²) in [6, 6.07) is 12.6. The smallest absolute Gasteiger partial charge is 0.132 e. The van der Waals surface area contributed by atoms with Crippen LogP contribution >= 0.6 is 0 Å². The second-order valence-corrected chi connectivity index (χ2v) is 6.63. The molecule has 5 nitrogen and oxygen atoms in total. The molecule has 0 aliphatic rings. The molecule has 0 saturated carbocycles. The molecule has 3 aromatic heterocycles. The topological polar surface area (TPSA) is 58.5 Å². The fraction of sp³-hybridized carbons (Fsp3) is 0.200. The molecular formula is C20H21N5. The molecular weight excluding hydrogens is 310 g/mol. The molecule has 2 N–H and O–H groups in total. The van der Waals surface area contributed by atoms with Gasteiger partial charge in [0, 0.05) is 30.4 Å². The number of nitrogens with one attached hydrogen (secondary N) is 2. The minimum Gasteiger partial charge on any atom is -0.353 e. The summed E-state index contributed by atoms with van der Waals surface area (Å²) in [6.45, 7) is 4.39. The first-order valence-corrected chi connectivity index (χ1v) is 8.42. The summed E-state index contributed by atoms with van der Waals surface area (Å²) in [6.07, 6.45) is 5.54. The average Bonchev–Trinajstić information content (AvgIpc) is 3.20. The van der Waals surface area contributed by atoms with Crippen LogP contribution in [0.15, 0.2) is 55.1 Å². The van der Waals surface area contributed by atoms with Crippen molar-refractivity contribution in [3.05, 3.63) is 60.7 Å². The van der Waals surface area contributed by atoms with E-state index in [1.54, 1.807) is 6.33 Å². The number of imidazole rings is 1. The molecule has 0 fully saturated rings. The summed E-state index contributed by atoms with van der Waals surface area (Å²) in [4.78, 5) is 12.1. The molecule has 1 aromatic carbocycles. The highest BCUT2D eigenvalue weighted by Gasteiger charge is 2.08. The van der Waals surface area contributed by atoms with Gasteiger partial charge in [0.15, 0.2) is 0 Å². The van der Waals surface area contributed by atoms with Crippen molar-refractivity contribution in [3.63, 3.8) is 0 Å². The number of rotatable bonds is 4. The highest BCUT2D eigenvalue weighted by atomic mass is 15.0. The average molecular weight is 331 g/mol. The van der Waals surface area contributed by atoms with Crippen LogP contribution < -0.4 is 5.32 Å². The molecule has 0 bridgehead atoms. The third-order valence-corrected chi connectivity index (χ3v) is 4.45. The third-order valence-electron chi connectivity index (χ3n) is 4.45. The zero-order valence-electron chi connectivity index (χ0n) is 14.6. The monoisotopic (exact) mass is 331 g/mol. The molecule has 4 rings (SSSR count). The number of H-pyrrole nitrogens is 1. The lowest BCUT2D eigenvalue weighted by molar-refractivity contribution is 0.867. The van der Waals surface area contributed by atoms with Crippen molar-refractivity contribution in [2.24, 2.45) is 7.05 Å². The number of aromatic amines is 1. The Labute approximate surface area is 146 Å². The molecule has 0 spiro atoms. The number of benzene rings is 1. The van der Waals surface area contributed by atoms with Gasteiger partial charge in [0.05, 0.1) is 29.4 Å². The van der Waals surface area contributed by atoms with E-state index in [1.807, 2.05) is 30.1 Å². The Morgan fingerprint density at radius 1 is 1.08 bits per heavy atom. The van der Waals surface area contributed by atoms with Gasteiger partial charge in [0.25, 0.3) is 0 Å². The van der Waals surface area contributed by atoms with E-state index in [2.05, 4.69) is 64.4 Å². The summed E-state index contributed by atoms with van der Waals surface area (Å²) in [5, 5.41) is 4.45. The van der Waals surface area contributed by atoms with Gasteiger partial charge in [-0.15, -0.1) is 0 Å². The van der Waals surface area contributed by atoms with Crippen LogP contribution in [0.3, 0.4) is 0 Å². The first kappa shape index (κ1) is 15.4. The summed E-state index contributed by atoms with van der Waals surface area (Å²) >= 11 is 0. The van der Waals surface area contributed by atoms with Gasteiger partial charge in [-0.2, -0.15) is 0 Å². The lowest BCUT2D eigenvalue weighted by Crippen LogP contribution is -1.94. The van der Waals surface area contributed by atoms with Crippen LogP contribution in [0.1, 0.15) is 25.3 Å². The number of pyridine rings is 1. The first-order chi connectivity index (χ1) is 12.1. The number of hydrogen-bond acceptors (Lipinski definition) is 3. The third kappa shape index (κ3) is 3.01. The Morgan fingerprint density at radius 3 is 2.56 bits per heavy atom. The molecule has 0 saturated heterocycles. The van der Waals surface area contributed by atoms with Gasteiger partial charge in [0.1, 0.15) is 5.82 Å². The van der Waals surface area contributed by atoms with Gasteiger partial charge in [0.2, 0.25) is 0 Å². The normalized spacial score (nSPS) is 11.4. The van der Waals surface area contributed by atoms with E-state index in [1.165, 1.54) is 5.56 Å². The minimum atomic E-state index is 0.535. The van der Waals surface area contributed by atoms with Gasteiger partial charge in [-0.3, -0.25) is 0 Å². The van der Waals surface area contributed by atoms with Crippen LogP contribution in [0.2, 0.25) is 0 Å². The minimum absolute atomic E-state index is 0.535. The Bertz CT molecular complexity index is 1010. The van der Waals surface area contributed by atoms with Gasteiger partial charge >= 0.3 is 0 Å². The second-order valence-electron chi connectivity index (χ2n) is 6.63. The van der Waals surface area contributed by atoms with Crippen molar-refractivity contribution < 1.29 is 0 Å². The predicted octanol–water partition coefficient (Wildman–Crippen LogP) is 4.83. The quantitative estimate of drug-likeness (QED) is 0.563. The van der Waals surface area contributed by atoms with Crippen molar-refractivity contribution >= 4 is 22.4 Å². The number of aromatic nitrogens is 4. The summed E-state index contributed by atoms with van der Waals surface area (Å²) in [5.74, 6) is 1.36. The van der Waals surface area contributed by atoms with Crippen LogP contribution in [0.4, 0.5) is 11.5 Å². The molecule has 0 amide bonds. The molecule has 0 aliphatic heterocycles. The first-order valence-electron chi connectivity index (χ1n) is 8.42. The number of hydrogen-bond donors (Lipinski definition) is 2. The largest absolute Gasteiger partial charge is 0.353 e. The molecule has 4 aromatic rings. The molecule has 126 valence electrons. The van der Waals surface area contributed by atoms with Gasteiger partial charge in [-0.25, -0.2) is 9.97 Å². The van der Waals surface area contributed by atoms with E-state index in [9.17, 15) is 0 Å². The molecule has 0 aliphatic carbocycles. The Hall–Kier alpha value is -3.08. The van der Waals surface area contributed by atoms with Gasteiger partial charge < -0.3 is 14.9 Å². The van der Waals surface area contributed by atoms with Crippen LogP contribution in [0.25, 0.3) is 22.3 Å². The SMILES string of the molecule is CC(C)c1ccc(Nc2cc3[nH]c(-c4cncn4C)cc3cn2)cc1. The number of nitrogens with zero attached hydrogens (tertiary/aromatic N) is 3. The van der Waals surface area contributed by atoms with Crippen molar-refractivity contribution in [2.45, 2.75) is 19.8 Å². The molecule has 0 unspecified atom stereocenters. The van der Waals surface area contributed by atoms with E-state index in [0.717, 1.165) is 33.8 Å².